The molecule has 0 saturated carbocycles. The van der Waals surface area contributed by atoms with Crippen molar-refractivity contribution in [3.8, 4) is 5.75 Å². The Morgan fingerprint density at radius 1 is 1.40 bits per heavy atom. The Labute approximate surface area is 117 Å². The fourth-order valence-electron chi connectivity index (χ4n) is 1.73. The molecule has 1 aromatic carbocycles. The van der Waals surface area contributed by atoms with Crippen LogP contribution >= 0.6 is 0 Å². The molecule has 0 unspecified atom stereocenters. The van der Waals surface area contributed by atoms with Gasteiger partial charge in [-0.25, -0.2) is 0 Å². The smallest absolute Gasteiger partial charge is 0.325 e. The summed E-state index contributed by atoms with van der Waals surface area (Å²) < 4.78 is 9.90. The summed E-state index contributed by atoms with van der Waals surface area (Å²) in [6.45, 7) is 4.61. The molecule has 0 saturated heterocycles. The third-order valence-corrected chi connectivity index (χ3v) is 2.73. The van der Waals surface area contributed by atoms with Crippen molar-refractivity contribution in [2.75, 3.05) is 31.7 Å². The summed E-state index contributed by atoms with van der Waals surface area (Å²) in [5.41, 5.74) is 0.580. The Balaban J connectivity index is 3.08. The van der Waals surface area contributed by atoms with Crippen LogP contribution in [-0.2, 0) is 9.53 Å². The lowest BCUT2D eigenvalue weighted by Crippen LogP contribution is -2.30. The van der Waals surface area contributed by atoms with E-state index in [0.717, 1.165) is 0 Å². The summed E-state index contributed by atoms with van der Waals surface area (Å²) in [5.74, 6) is -0.179. The summed E-state index contributed by atoms with van der Waals surface area (Å²) in [6.07, 6.45) is 0. The van der Waals surface area contributed by atoms with Gasteiger partial charge in [-0.3, -0.25) is 14.9 Å². The van der Waals surface area contributed by atoms with Crippen LogP contribution in [0.25, 0.3) is 0 Å². The molecule has 7 nitrogen and oxygen atoms in total. The monoisotopic (exact) mass is 282 g/mol. The van der Waals surface area contributed by atoms with E-state index in [1.165, 1.54) is 13.2 Å². The van der Waals surface area contributed by atoms with E-state index in [0.29, 0.717) is 18.8 Å². The normalized spacial score (nSPS) is 9.95. The third-order valence-electron chi connectivity index (χ3n) is 2.73. The third kappa shape index (κ3) is 3.84. The minimum absolute atomic E-state index is 0.0797. The maximum atomic E-state index is 11.3. The van der Waals surface area contributed by atoms with Gasteiger partial charge in [0.05, 0.1) is 18.6 Å². The molecule has 0 spiro atoms. The minimum Gasteiger partial charge on any atom is -0.487 e. The molecule has 20 heavy (non-hydrogen) atoms. The molecule has 0 bridgehead atoms. The quantitative estimate of drug-likeness (QED) is 0.432. The van der Waals surface area contributed by atoms with Crippen molar-refractivity contribution < 1.29 is 19.2 Å². The first kappa shape index (κ1) is 15.7. The number of nitro benzene ring substituents is 1. The maximum absolute atomic E-state index is 11.3. The van der Waals surface area contributed by atoms with E-state index in [2.05, 4.69) is 4.74 Å². The van der Waals surface area contributed by atoms with E-state index in [4.69, 9.17) is 4.74 Å². The Morgan fingerprint density at radius 3 is 2.60 bits per heavy atom. The van der Waals surface area contributed by atoms with Crippen molar-refractivity contribution in [3.05, 3.63) is 28.3 Å². The van der Waals surface area contributed by atoms with Gasteiger partial charge in [-0.15, -0.1) is 0 Å². The number of benzene rings is 1. The van der Waals surface area contributed by atoms with Crippen LogP contribution < -0.4 is 9.64 Å². The molecule has 0 heterocycles. The minimum atomic E-state index is -0.495. The highest BCUT2D eigenvalue weighted by Gasteiger charge is 2.18. The van der Waals surface area contributed by atoms with E-state index >= 15 is 0 Å². The molecule has 7 heteroatoms. The molecule has 0 radical (unpaired) electrons. The first-order valence-corrected chi connectivity index (χ1v) is 6.26. The van der Waals surface area contributed by atoms with Crippen molar-refractivity contribution in [2.24, 2.45) is 0 Å². The molecule has 0 N–H and O–H groups in total. The summed E-state index contributed by atoms with van der Waals surface area (Å²) in [4.78, 5) is 23.5. The van der Waals surface area contributed by atoms with E-state index in [1.54, 1.807) is 24.0 Å². The summed E-state index contributed by atoms with van der Waals surface area (Å²) in [5, 5.41) is 10.9. The molecule has 0 aliphatic carbocycles. The summed E-state index contributed by atoms with van der Waals surface area (Å²) in [6, 6.07) is 4.53. The molecule has 1 aromatic rings. The molecular weight excluding hydrogens is 264 g/mol. The number of rotatable bonds is 7. The Hall–Kier alpha value is -2.31. The van der Waals surface area contributed by atoms with Crippen LogP contribution in [0, 0.1) is 10.1 Å². The van der Waals surface area contributed by atoms with Crippen molar-refractivity contribution in [3.63, 3.8) is 0 Å². The Bertz CT molecular complexity index is 490. The predicted molar refractivity (Wildman–Crippen MR) is 74.2 cm³/mol. The second-order valence-corrected chi connectivity index (χ2v) is 3.93. The number of hydrogen-bond acceptors (Lipinski definition) is 6. The van der Waals surface area contributed by atoms with E-state index in [1.807, 2.05) is 6.92 Å². The van der Waals surface area contributed by atoms with Crippen molar-refractivity contribution in [2.45, 2.75) is 13.8 Å². The molecule has 0 aliphatic rings. The molecule has 0 fully saturated rings. The maximum Gasteiger partial charge on any atom is 0.325 e. The standard InChI is InChI=1S/C13H18N2O5/c1-4-14(9-13(16)19-3)10-6-7-11(15(17)18)12(8-10)20-5-2/h6-8H,4-5,9H2,1-3H3. The van der Waals surface area contributed by atoms with Crippen LogP contribution in [0.3, 0.4) is 0 Å². The van der Waals surface area contributed by atoms with Gasteiger partial charge in [-0.05, 0) is 19.9 Å². The van der Waals surface area contributed by atoms with Gasteiger partial charge in [-0.2, -0.15) is 0 Å². The van der Waals surface area contributed by atoms with Crippen molar-refractivity contribution in [1.29, 1.82) is 0 Å². The SMILES string of the molecule is CCOc1cc(N(CC)CC(=O)OC)ccc1[N+](=O)[O-]. The van der Waals surface area contributed by atoms with Crippen LogP contribution in [0.5, 0.6) is 5.75 Å². The largest absolute Gasteiger partial charge is 0.487 e. The van der Waals surface area contributed by atoms with Gasteiger partial charge in [0.25, 0.3) is 0 Å². The van der Waals surface area contributed by atoms with Gasteiger partial charge in [0.2, 0.25) is 0 Å². The number of likely N-dealkylation sites (N-methyl/N-ethyl adjacent to an activating group) is 1. The zero-order valence-corrected chi connectivity index (χ0v) is 11.8. The highest BCUT2D eigenvalue weighted by atomic mass is 16.6. The fourth-order valence-corrected chi connectivity index (χ4v) is 1.73. The Kier molecular flexibility index (Phi) is 5.76. The predicted octanol–water partition coefficient (Wildman–Crippen LogP) is 1.99. The highest BCUT2D eigenvalue weighted by molar-refractivity contribution is 5.76. The lowest BCUT2D eigenvalue weighted by Gasteiger charge is -2.22. The lowest BCUT2D eigenvalue weighted by molar-refractivity contribution is -0.385. The van der Waals surface area contributed by atoms with Crippen LogP contribution in [0.1, 0.15) is 13.8 Å². The Morgan fingerprint density at radius 2 is 2.10 bits per heavy atom. The zero-order chi connectivity index (χ0) is 15.1. The molecule has 0 atom stereocenters. The number of ether oxygens (including phenoxy) is 2. The van der Waals surface area contributed by atoms with E-state index in [9.17, 15) is 14.9 Å². The van der Waals surface area contributed by atoms with Crippen LogP contribution in [-0.4, -0.2) is 37.7 Å². The molecule has 0 amide bonds. The second kappa shape index (κ2) is 7.32. The number of esters is 1. The number of hydrogen-bond donors (Lipinski definition) is 0. The van der Waals surface area contributed by atoms with Gasteiger partial charge in [-0.1, -0.05) is 0 Å². The average molecular weight is 282 g/mol. The van der Waals surface area contributed by atoms with Gasteiger partial charge in [0.15, 0.2) is 5.75 Å². The van der Waals surface area contributed by atoms with Gasteiger partial charge in [0.1, 0.15) is 6.54 Å². The van der Waals surface area contributed by atoms with E-state index in [-0.39, 0.29) is 24.0 Å². The molecule has 110 valence electrons. The molecule has 0 aromatic heterocycles. The number of carbonyl (C=O) groups is 1. The number of nitrogens with zero attached hydrogens (tertiary/aromatic N) is 2. The van der Waals surface area contributed by atoms with E-state index < -0.39 is 4.92 Å². The highest BCUT2D eigenvalue weighted by Crippen LogP contribution is 2.31. The average Bonchev–Trinajstić information content (AvgIpc) is 2.44. The van der Waals surface area contributed by atoms with Crippen molar-refractivity contribution >= 4 is 17.3 Å². The van der Waals surface area contributed by atoms with Crippen molar-refractivity contribution in [1.82, 2.24) is 0 Å². The van der Waals surface area contributed by atoms with Gasteiger partial charge >= 0.3 is 11.7 Å². The molecular formula is C13H18N2O5. The number of nitro groups is 1. The first-order chi connectivity index (χ1) is 9.53. The topological polar surface area (TPSA) is 81.9 Å². The fraction of sp³-hybridized carbons (Fsp3) is 0.462. The lowest BCUT2D eigenvalue weighted by atomic mass is 10.2. The number of methoxy groups -OCH3 is 1. The molecule has 0 aliphatic heterocycles. The van der Waals surface area contributed by atoms with Crippen LogP contribution in [0.4, 0.5) is 11.4 Å². The zero-order valence-electron chi connectivity index (χ0n) is 11.8. The second-order valence-electron chi connectivity index (χ2n) is 3.93. The summed E-state index contributed by atoms with van der Waals surface area (Å²) >= 11 is 0. The summed E-state index contributed by atoms with van der Waals surface area (Å²) in [7, 11) is 1.32. The van der Waals surface area contributed by atoms with Gasteiger partial charge in [0, 0.05) is 24.4 Å². The van der Waals surface area contributed by atoms with Gasteiger partial charge < -0.3 is 14.4 Å². The molecule has 1 rings (SSSR count). The number of anilines is 1. The first-order valence-electron chi connectivity index (χ1n) is 6.26. The van der Waals surface area contributed by atoms with Crippen LogP contribution in [0.15, 0.2) is 18.2 Å². The number of carbonyl (C=O) groups excluding carboxylic acids is 1. The van der Waals surface area contributed by atoms with Crippen LogP contribution in [0.2, 0.25) is 0 Å².